The van der Waals surface area contributed by atoms with Gasteiger partial charge < -0.3 is 9.80 Å². The molecule has 5 heteroatoms. The molecule has 132 valence electrons. The summed E-state index contributed by atoms with van der Waals surface area (Å²) in [7, 11) is 0. The molecule has 0 saturated carbocycles. The van der Waals surface area contributed by atoms with Crippen LogP contribution in [0.4, 0.5) is 0 Å². The highest BCUT2D eigenvalue weighted by Gasteiger charge is 2.32. The summed E-state index contributed by atoms with van der Waals surface area (Å²) < 4.78 is 0. The summed E-state index contributed by atoms with van der Waals surface area (Å²) in [6.45, 7) is 7.13. The predicted molar refractivity (Wildman–Crippen MR) is 98.6 cm³/mol. The van der Waals surface area contributed by atoms with E-state index in [4.69, 9.17) is 23.2 Å². The van der Waals surface area contributed by atoms with Gasteiger partial charge in [-0.15, -0.1) is 0 Å². The Morgan fingerprint density at radius 1 is 1.17 bits per heavy atom. The fraction of sp³-hybridized carbons (Fsp3) is 0.632. The first kappa shape index (κ1) is 18.0. The van der Waals surface area contributed by atoms with Crippen LogP contribution in [0, 0.1) is 11.8 Å². The molecule has 0 bridgehead atoms. The summed E-state index contributed by atoms with van der Waals surface area (Å²) in [6, 6.07) is 5.83. The lowest BCUT2D eigenvalue weighted by Crippen LogP contribution is -3.11. The van der Waals surface area contributed by atoms with Crippen molar-refractivity contribution >= 4 is 29.1 Å². The molecular formula is C19H27Cl2N2O+. The maximum Gasteiger partial charge on any atom is 0.226 e. The van der Waals surface area contributed by atoms with Crippen LogP contribution in [0.15, 0.2) is 18.2 Å². The third-order valence-corrected chi connectivity index (χ3v) is 6.47. The van der Waals surface area contributed by atoms with Crippen LogP contribution in [0.3, 0.4) is 0 Å². The standard InChI is InChI=1S/C19H26Cl2N2O/c1-14-5-11-23(12-6-14)19(24)15-7-9-22(10-8-15)13-16-3-2-4-17(20)18(16)21/h2-4,14-15H,5-13H2,1H3/p+1. The molecule has 0 unspecified atom stereocenters. The van der Waals surface area contributed by atoms with Crippen LogP contribution in [0.5, 0.6) is 0 Å². The smallest absolute Gasteiger partial charge is 0.226 e. The van der Waals surface area contributed by atoms with Crippen molar-refractivity contribution in [3.05, 3.63) is 33.8 Å². The zero-order valence-electron chi connectivity index (χ0n) is 14.4. The van der Waals surface area contributed by atoms with Crippen molar-refractivity contribution in [2.75, 3.05) is 26.2 Å². The maximum atomic E-state index is 12.7. The minimum absolute atomic E-state index is 0.219. The number of hydrogen-bond donors (Lipinski definition) is 1. The number of nitrogens with one attached hydrogen (secondary N) is 1. The van der Waals surface area contributed by atoms with Crippen molar-refractivity contribution in [2.45, 2.75) is 39.2 Å². The molecule has 0 radical (unpaired) electrons. The molecule has 1 amide bonds. The van der Waals surface area contributed by atoms with Gasteiger partial charge in [-0.25, -0.2) is 0 Å². The number of quaternary nitrogens is 1. The summed E-state index contributed by atoms with van der Waals surface area (Å²) in [6.07, 6.45) is 4.28. The van der Waals surface area contributed by atoms with Crippen LogP contribution >= 0.6 is 23.2 Å². The molecule has 2 aliphatic rings. The van der Waals surface area contributed by atoms with Gasteiger partial charge in [-0.05, 0) is 24.8 Å². The average molecular weight is 370 g/mol. The lowest BCUT2D eigenvalue weighted by atomic mass is 9.92. The monoisotopic (exact) mass is 369 g/mol. The van der Waals surface area contributed by atoms with Gasteiger partial charge in [0.2, 0.25) is 5.91 Å². The fourth-order valence-corrected chi connectivity index (χ4v) is 4.28. The largest absolute Gasteiger partial charge is 0.342 e. The molecule has 1 aromatic carbocycles. The summed E-state index contributed by atoms with van der Waals surface area (Å²) in [5.41, 5.74) is 1.11. The van der Waals surface area contributed by atoms with Gasteiger partial charge >= 0.3 is 0 Å². The number of amides is 1. The second kappa shape index (κ2) is 8.07. The summed E-state index contributed by atoms with van der Waals surface area (Å²) in [5.74, 6) is 1.38. The van der Waals surface area contributed by atoms with E-state index >= 15 is 0 Å². The molecule has 3 nitrogen and oxygen atoms in total. The van der Waals surface area contributed by atoms with Crippen LogP contribution in [-0.4, -0.2) is 37.0 Å². The van der Waals surface area contributed by atoms with Crippen molar-refractivity contribution in [1.82, 2.24) is 4.90 Å². The number of benzene rings is 1. The van der Waals surface area contributed by atoms with Crippen LogP contribution in [0.25, 0.3) is 0 Å². The van der Waals surface area contributed by atoms with Gasteiger partial charge in [0.1, 0.15) is 6.54 Å². The highest BCUT2D eigenvalue weighted by Crippen LogP contribution is 2.25. The number of carbonyl (C=O) groups is 1. The Morgan fingerprint density at radius 2 is 1.83 bits per heavy atom. The Kier molecular flexibility index (Phi) is 6.07. The highest BCUT2D eigenvalue weighted by molar-refractivity contribution is 6.42. The van der Waals surface area contributed by atoms with E-state index in [2.05, 4.69) is 11.8 Å². The molecule has 0 spiro atoms. The second-order valence-electron chi connectivity index (χ2n) is 7.42. The van der Waals surface area contributed by atoms with Gasteiger partial charge in [0.15, 0.2) is 0 Å². The van der Waals surface area contributed by atoms with E-state index in [0.29, 0.717) is 16.0 Å². The maximum absolute atomic E-state index is 12.7. The van der Waals surface area contributed by atoms with Crippen molar-refractivity contribution in [2.24, 2.45) is 11.8 Å². The van der Waals surface area contributed by atoms with Crippen molar-refractivity contribution in [1.29, 1.82) is 0 Å². The van der Waals surface area contributed by atoms with Gasteiger partial charge in [-0.3, -0.25) is 4.79 Å². The molecule has 2 aliphatic heterocycles. The molecule has 3 rings (SSSR count). The fourth-order valence-electron chi connectivity index (χ4n) is 3.89. The van der Waals surface area contributed by atoms with Gasteiger partial charge in [0, 0.05) is 37.4 Å². The molecular weight excluding hydrogens is 343 g/mol. The van der Waals surface area contributed by atoms with Gasteiger partial charge in [-0.2, -0.15) is 0 Å². The van der Waals surface area contributed by atoms with Crippen LogP contribution < -0.4 is 4.90 Å². The Labute approximate surface area is 154 Å². The van der Waals surface area contributed by atoms with Gasteiger partial charge in [0.25, 0.3) is 0 Å². The zero-order chi connectivity index (χ0) is 17.1. The third-order valence-electron chi connectivity index (χ3n) is 5.61. The molecule has 0 atom stereocenters. The Morgan fingerprint density at radius 3 is 2.50 bits per heavy atom. The molecule has 0 aromatic heterocycles. The van der Waals surface area contributed by atoms with E-state index in [1.54, 1.807) is 0 Å². The van der Waals surface area contributed by atoms with E-state index < -0.39 is 0 Å². The van der Waals surface area contributed by atoms with E-state index in [9.17, 15) is 4.79 Å². The lowest BCUT2D eigenvalue weighted by molar-refractivity contribution is -0.919. The van der Waals surface area contributed by atoms with Crippen molar-refractivity contribution < 1.29 is 9.69 Å². The number of nitrogens with zero attached hydrogens (tertiary/aromatic N) is 1. The van der Waals surface area contributed by atoms with E-state index in [-0.39, 0.29) is 5.92 Å². The summed E-state index contributed by atoms with van der Waals surface area (Å²) in [4.78, 5) is 16.3. The zero-order valence-corrected chi connectivity index (χ0v) is 15.9. The minimum atomic E-state index is 0.219. The Balaban J connectivity index is 1.50. The van der Waals surface area contributed by atoms with Gasteiger partial charge in [-0.1, -0.05) is 42.3 Å². The normalized spacial score (nSPS) is 25.7. The number of rotatable bonds is 3. The summed E-state index contributed by atoms with van der Waals surface area (Å²) in [5, 5.41) is 1.30. The first-order valence-electron chi connectivity index (χ1n) is 9.10. The van der Waals surface area contributed by atoms with E-state index in [0.717, 1.165) is 69.9 Å². The third kappa shape index (κ3) is 4.25. The van der Waals surface area contributed by atoms with Gasteiger partial charge in [0.05, 0.1) is 23.1 Å². The molecule has 1 aromatic rings. The number of hydrogen-bond acceptors (Lipinski definition) is 1. The van der Waals surface area contributed by atoms with Crippen molar-refractivity contribution in [3.8, 4) is 0 Å². The first-order chi connectivity index (χ1) is 11.5. The van der Waals surface area contributed by atoms with Crippen LogP contribution in [0.2, 0.25) is 10.0 Å². The lowest BCUT2D eigenvalue weighted by Gasteiger charge is -2.35. The Bertz CT molecular complexity index is 577. The number of halogens is 2. The highest BCUT2D eigenvalue weighted by atomic mass is 35.5. The second-order valence-corrected chi connectivity index (χ2v) is 8.21. The molecule has 2 fully saturated rings. The molecule has 24 heavy (non-hydrogen) atoms. The number of piperidine rings is 2. The molecule has 1 N–H and O–H groups in total. The Hall–Kier alpha value is -0.770. The minimum Gasteiger partial charge on any atom is -0.342 e. The van der Waals surface area contributed by atoms with E-state index in [1.807, 2.05) is 18.2 Å². The molecule has 2 heterocycles. The topological polar surface area (TPSA) is 24.8 Å². The van der Waals surface area contributed by atoms with Crippen LogP contribution in [0.1, 0.15) is 38.2 Å². The SMILES string of the molecule is CC1CCN(C(=O)C2CC[NH+](Cc3cccc(Cl)c3Cl)CC2)CC1. The average Bonchev–Trinajstić information content (AvgIpc) is 2.60. The van der Waals surface area contributed by atoms with Crippen molar-refractivity contribution in [3.63, 3.8) is 0 Å². The molecule has 2 saturated heterocycles. The summed E-state index contributed by atoms with van der Waals surface area (Å²) >= 11 is 12.4. The quantitative estimate of drug-likeness (QED) is 0.869. The molecule has 0 aliphatic carbocycles. The number of likely N-dealkylation sites (tertiary alicyclic amines) is 2. The number of carbonyl (C=O) groups excluding carboxylic acids is 1. The predicted octanol–water partition coefficient (Wildman–Crippen LogP) is 3.05. The first-order valence-corrected chi connectivity index (χ1v) is 9.85. The van der Waals surface area contributed by atoms with E-state index in [1.165, 1.54) is 4.90 Å². The van der Waals surface area contributed by atoms with Crippen LogP contribution in [-0.2, 0) is 11.3 Å².